The van der Waals surface area contributed by atoms with Gasteiger partial charge in [0, 0.05) is 12.6 Å². The van der Waals surface area contributed by atoms with Gasteiger partial charge in [-0.3, -0.25) is 10.1 Å². The Morgan fingerprint density at radius 2 is 2.26 bits per heavy atom. The summed E-state index contributed by atoms with van der Waals surface area (Å²) < 4.78 is 0. The zero-order valence-electron chi connectivity index (χ0n) is 10.4. The first-order valence-corrected chi connectivity index (χ1v) is 6.13. The summed E-state index contributed by atoms with van der Waals surface area (Å²) in [6.07, 6.45) is 5.17. The van der Waals surface area contributed by atoms with Gasteiger partial charge in [0.05, 0.1) is 10.5 Å². The zero-order valence-corrected chi connectivity index (χ0v) is 10.4. The molecule has 3 N–H and O–H groups in total. The fourth-order valence-electron chi connectivity index (χ4n) is 2.42. The van der Waals surface area contributed by atoms with E-state index in [2.05, 4.69) is 10.3 Å². The van der Waals surface area contributed by atoms with Crippen molar-refractivity contribution in [2.45, 2.75) is 31.2 Å². The molecule has 1 saturated carbocycles. The number of hydrogen-bond donors (Lipinski definition) is 2. The van der Waals surface area contributed by atoms with Gasteiger partial charge in [-0.1, -0.05) is 12.8 Å². The molecule has 1 aliphatic carbocycles. The van der Waals surface area contributed by atoms with Crippen molar-refractivity contribution in [3.05, 3.63) is 27.9 Å². The zero-order chi connectivity index (χ0) is 13.9. The van der Waals surface area contributed by atoms with E-state index < -0.39 is 4.92 Å². The van der Waals surface area contributed by atoms with E-state index in [9.17, 15) is 10.1 Å². The van der Waals surface area contributed by atoms with Crippen LogP contribution in [-0.2, 0) is 0 Å². The van der Waals surface area contributed by atoms with E-state index in [0.717, 1.165) is 31.9 Å². The molecular formula is C12H15N5O2. The summed E-state index contributed by atoms with van der Waals surface area (Å²) in [5.74, 6) is 0.375. The number of aromatic nitrogens is 1. The first-order chi connectivity index (χ1) is 9.10. The van der Waals surface area contributed by atoms with E-state index in [1.54, 1.807) is 0 Å². The third-order valence-electron chi connectivity index (χ3n) is 3.54. The lowest BCUT2D eigenvalue weighted by Crippen LogP contribution is -2.43. The minimum absolute atomic E-state index is 0.175. The fourth-order valence-corrected chi connectivity index (χ4v) is 2.42. The van der Waals surface area contributed by atoms with Crippen LogP contribution >= 0.6 is 0 Å². The van der Waals surface area contributed by atoms with Crippen LogP contribution in [-0.4, -0.2) is 22.0 Å². The van der Waals surface area contributed by atoms with Crippen LogP contribution in [0.25, 0.3) is 0 Å². The fraction of sp³-hybridized carbons (Fsp3) is 0.500. The van der Waals surface area contributed by atoms with Gasteiger partial charge in [0.15, 0.2) is 0 Å². The minimum Gasteiger partial charge on any atom is -0.362 e. The molecule has 19 heavy (non-hydrogen) atoms. The molecular weight excluding hydrogens is 246 g/mol. The topological polar surface area (TPSA) is 118 Å². The maximum Gasteiger partial charge on any atom is 0.289 e. The van der Waals surface area contributed by atoms with Gasteiger partial charge in [-0.05, 0) is 12.8 Å². The normalized spacial score (nSPS) is 16.8. The van der Waals surface area contributed by atoms with E-state index in [-0.39, 0.29) is 16.8 Å². The highest BCUT2D eigenvalue weighted by atomic mass is 16.6. The van der Waals surface area contributed by atoms with Crippen molar-refractivity contribution in [3.8, 4) is 6.07 Å². The molecule has 7 heteroatoms. The Bertz CT molecular complexity index is 531. The first-order valence-electron chi connectivity index (χ1n) is 6.13. The van der Waals surface area contributed by atoms with Gasteiger partial charge >= 0.3 is 0 Å². The van der Waals surface area contributed by atoms with Gasteiger partial charge < -0.3 is 11.1 Å². The van der Waals surface area contributed by atoms with Crippen LogP contribution < -0.4 is 11.1 Å². The Hall–Kier alpha value is -2.20. The average Bonchev–Trinajstić information content (AvgIpc) is 2.88. The second-order valence-electron chi connectivity index (χ2n) is 4.78. The van der Waals surface area contributed by atoms with E-state index in [0.29, 0.717) is 12.4 Å². The van der Waals surface area contributed by atoms with Crippen LogP contribution in [0.2, 0.25) is 0 Å². The summed E-state index contributed by atoms with van der Waals surface area (Å²) >= 11 is 0. The molecule has 1 aliphatic rings. The highest BCUT2D eigenvalue weighted by Crippen LogP contribution is 2.33. The number of anilines is 1. The molecule has 0 unspecified atom stereocenters. The highest BCUT2D eigenvalue weighted by molar-refractivity contribution is 5.57. The van der Waals surface area contributed by atoms with Gasteiger partial charge in [0.1, 0.15) is 23.6 Å². The molecule has 1 fully saturated rings. The molecule has 0 amide bonds. The summed E-state index contributed by atoms with van der Waals surface area (Å²) in [7, 11) is 0. The van der Waals surface area contributed by atoms with Crippen molar-refractivity contribution in [2.24, 2.45) is 5.73 Å². The Kier molecular flexibility index (Phi) is 3.62. The Morgan fingerprint density at radius 1 is 1.58 bits per heavy atom. The predicted molar refractivity (Wildman–Crippen MR) is 69.5 cm³/mol. The number of nitro groups is 1. The third-order valence-corrected chi connectivity index (χ3v) is 3.54. The number of rotatable bonds is 4. The second-order valence-corrected chi connectivity index (χ2v) is 4.78. The number of hydrogen-bond acceptors (Lipinski definition) is 6. The molecule has 0 saturated heterocycles. The summed E-state index contributed by atoms with van der Waals surface area (Å²) in [6, 6.07) is 3.17. The van der Waals surface area contributed by atoms with Crippen LogP contribution in [0, 0.1) is 21.4 Å². The molecule has 1 aromatic heterocycles. The highest BCUT2D eigenvalue weighted by Gasteiger charge is 2.33. The molecule has 2 rings (SSSR count). The molecule has 0 radical (unpaired) electrons. The number of nitrogens with one attached hydrogen (secondary N) is 1. The van der Waals surface area contributed by atoms with Crippen molar-refractivity contribution in [1.29, 1.82) is 5.26 Å². The largest absolute Gasteiger partial charge is 0.362 e. The maximum absolute atomic E-state index is 10.7. The SMILES string of the molecule is N#Cc1cc([N+](=O)[O-])cnc1NC1(CN)CCCC1. The Morgan fingerprint density at radius 3 is 2.79 bits per heavy atom. The van der Waals surface area contributed by atoms with E-state index in [1.807, 2.05) is 6.07 Å². The quantitative estimate of drug-likeness (QED) is 0.627. The van der Waals surface area contributed by atoms with Crippen molar-refractivity contribution in [3.63, 3.8) is 0 Å². The molecule has 0 spiro atoms. The lowest BCUT2D eigenvalue weighted by atomic mass is 9.97. The van der Waals surface area contributed by atoms with Gasteiger partial charge in [-0.15, -0.1) is 0 Å². The van der Waals surface area contributed by atoms with Crippen molar-refractivity contribution in [1.82, 2.24) is 4.98 Å². The first kappa shape index (κ1) is 13.2. The lowest BCUT2D eigenvalue weighted by Gasteiger charge is -2.29. The van der Waals surface area contributed by atoms with Gasteiger partial charge in [-0.25, -0.2) is 4.98 Å². The van der Waals surface area contributed by atoms with Crippen LogP contribution in [0.5, 0.6) is 0 Å². The van der Waals surface area contributed by atoms with Crippen LogP contribution in [0.15, 0.2) is 12.3 Å². The van der Waals surface area contributed by atoms with E-state index in [4.69, 9.17) is 11.0 Å². The standard InChI is InChI=1S/C12H15N5O2/c13-6-9-5-10(17(18)19)7-15-11(9)16-12(8-14)3-1-2-4-12/h5,7H,1-4,8,14H2,(H,15,16). The number of pyridine rings is 1. The lowest BCUT2D eigenvalue weighted by molar-refractivity contribution is -0.385. The smallest absolute Gasteiger partial charge is 0.289 e. The molecule has 0 aliphatic heterocycles. The molecule has 7 nitrogen and oxygen atoms in total. The molecule has 0 aromatic carbocycles. The summed E-state index contributed by atoms with van der Waals surface area (Å²) in [6.45, 7) is 0.455. The van der Waals surface area contributed by atoms with Gasteiger partial charge in [-0.2, -0.15) is 5.26 Å². The van der Waals surface area contributed by atoms with Gasteiger partial charge in [0.25, 0.3) is 5.69 Å². The Labute approximate surface area is 110 Å². The molecule has 0 atom stereocenters. The summed E-state index contributed by atoms with van der Waals surface area (Å²) in [5.41, 5.74) is 5.55. The molecule has 100 valence electrons. The Balaban J connectivity index is 2.30. The van der Waals surface area contributed by atoms with Crippen molar-refractivity contribution in [2.75, 3.05) is 11.9 Å². The predicted octanol–water partition coefficient (Wildman–Crippen LogP) is 1.54. The third kappa shape index (κ3) is 2.63. The van der Waals surface area contributed by atoms with Crippen LogP contribution in [0.3, 0.4) is 0 Å². The van der Waals surface area contributed by atoms with Crippen molar-refractivity contribution >= 4 is 11.5 Å². The average molecular weight is 261 g/mol. The number of nitrogens with zero attached hydrogens (tertiary/aromatic N) is 3. The van der Waals surface area contributed by atoms with Crippen LogP contribution in [0.1, 0.15) is 31.2 Å². The monoisotopic (exact) mass is 261 g/mol. The summed E-state index contributed by atoms with van der Waals surface area (Å²) in [4.78, 5) is 14.1. The van der Waals surface area contributed by atoms with Gasteiger partial charge in [0.2, 0.25) is 0 Å². The molecule has 1 heterocycles. The van der Waals surface area contributed by atoms with Crippen LogP contribution in [0.4, 0.5) is 11.5 Å². The van der Waals surface area contributed by atoms with Crippen molar-refractivity contribution < 1.29 is 4.92 Å². The second kappa shape index (κ2) is 5.20. The number of nitrogens with two attached hydrogens (primary N) is 1. The molecule has 1 aromatic rings. The minimum atomic E-state index is -0.564. The van der Waals surface area contributed by atoms with E-state index >= 15 is 0 Å². The molecule has 0 bridgehead atoms. The number of nitriles is 1. The summed E-state index contributed by atoms with van der Waals surface area (Å²) in [5, 5.41) is 22.9. The van der Waals surface area contributed by atoms with E-state index in [1.165, 1.54) is 6.07 Å². The maximum atomic E-state index is 10.7.